The minimum absolute atomic E-state index is 0.0901. The molecule has 40 heavy (non-hydrogen) atoms. The number of benzene rings is 4. The highest BCUT2D eigenvalue weighted by Crippen LogP contribution is 2.31. The second-order valence-electron chi connectivity index (χ2n) is 9.20. The maximum absolute atomic E-state index is 11.9. The number of rotatable bonds is 9. The van der Waals surface area contributed by atoms with Crippen LogP contribution in [0.15, 0.2) is 80.7 Å². The molecule has 0 atom stereocenters. The van der Waals surface area contributed by atoms with E-state index in [1.54, 1.807) is 6.07 Å². The van der Waals surface area contributed by atoms with E-state index in [4.69, 9.17) is 0 Å². The van der Waals surface area contributed by atoms with E-state index in [1.807, 2.05) is 51.1 Å². The van der Waals surface area contributed by atoms with Gasteiger partial charge in [0.2, 0.25) is 6.41 Å². The minimum Gasteiger partial charge on any atom is -0.381 e. The Morgan fingerprint density at radius 2 is 1.48 bits per heavy atom. The van der Waals surface area contributed by atoms with Crippen LogP contribution >= 0.6 is 0 Å². The number of aryl methyl sites for hydroxylation is 3. The molecule has 0 aliphatic rings. The highest BCUT2D eigenvalue weighted by Gasteiger charge is 2.20. The summed E-state index contributed by atoms with van der Waals surface area (Å²) in [7, 11) is -9.47. The number of carbonyl (C=O) groups is 1. The number of amides is 1. The van der Waals surface area contributed by atoms with Crippen LogP contribution in [0.3, 0.4) is 0 Å². The van der Waals surface area contributed by atoms with Crippen LogP contribution in [0, 0.1) is 20.8 Å². The highest BCUT2D eigenvalue weighted by atomic mass is 32.2. The Balaban J connectivity index is 1.54. The first kappa shape index (κ1) is 28.8. The van der Waals surface area contributed by atoms with Gasteiger partial charge in [-0.15, -0.1) is 0 Å². The van der Waals surface area contributed by atoms with Crippen molar-refractivity contribution in [3.63, 3.8) is 0 Å². The maximum atomic E-state index is 11.9. The number of azo groups is 1. The van der Waals surface area contributed by atoms with Crippen LogP contribution in [-0.4, -0.2) is 32.4 Å². The van der Waals surface area contributed by atoms with Gasteiger partial charge >= 0.3 is 0 Å². The van der Waals surface area contributed by atoms with E-state index >= 15 is 0 Å². The zero-order valence-corrected chi connectivity index (χ0v) is 23.3. The highest BCUT2D eigenvalue weighted by molar-refractivity contribution is 7.86. The monoisotopic (exact) mass is 582 g/mol. The van der Waals surface area contributed by atoms with Crippen LogP contribution in [0.25, 0.3) is 10.8 Å². The van der Waals surface area contributed by atoms with Crippen LogP contribution in [-0.2, 0) is 31.6 Å². The van der Waals surface area contributed by atoms with Gasteiger partial charge in [0.25, 0.3) is 20.2 Å². The second-order valence-corrected chi connectivity index (χ2v) is 12.0. The molecule has 0 fully saturated rings. The first-order valence-corrected chi connectivity index (χ1v) is 14.7. The Morgan fingerprint density at radius 1 is 0.775 bits per heavy atom. The number of hydrogen-bond donors (Lipinski definition) is 4. The van der Waals surface area contributed by atoms with Crippen LogP contribution < -0.4 is 10.6 Å². The van der Waals surface area contributed by atoms with Gasteiger partial charge in [-0.05, 0) is 90.9 Å². The number of anilines is 2. The number of carbonyl (C=O) groups excluding carboxylic acids is 1. The Hall–Kier alpha value is -4.17. The molecule has 0 aliphatic carbocycles. The summed E-state index contributed by atoms with van der Waals surface area (Å²) >= 11 is 0. The Morgan fingerprint density at radius 3 is 2.12 bits per heavy atom. The summed E-state index contributed by atoms with van der Waals surface area (Å²) in [6.45, 7) is 6.02. The van der Waals surface area contributed by atoms with Crippen molar-refractivity contribution in [2.45, 2.75) is 37.1 Å². The van der Waals surface area contributed by atoms with Gasteiger partial charge in [-0.3, -0.25) is 13.9 Å². The standard InChI is InChI=1S/C27H26N4O7S2/c1-16-8-19(4-7-24(16)30-31-26-10-17(2)25(29-15-32)9-18(26)3)14-28-21-6-5-20-11-22(39(33,34)35)13-27(23(20)12-21)40(36,37)38/h4-13,15,28H,14H2,1-3H3,(H,29,32)(H,33,34,35)(H,36,37,38). The summed E-state index contributed by atoms with van der Waals surface area (Å²) in [5.74, 6) is 0. The van der Waals surface area contributed by atoms with Crippen molar-refractivity contribution in [3.05, 3.63) is 82.9 Å². The third kappa shape index (κ3) is 6.51. The molecule has 4 aromatic carbocycles. The maximum Gasteiger partial charge on any atom is 0.295 e. The van der Waals surface area contributed by atoms with Gasteiger partial charge in [-0.25, -0.2) is 0 Å². The summed E-state index contributed by atoms with van der Waals surface area (Å²) in [5.41, 5.74) is 6.10. The van der Waals surface area contributed by atoms with E-state index in [-0.39, 0.29) is 10.8 Å². The van der Waals surface area contributed by atoms with Gasteiger partial charge in [0.15, 0.2) is 0 Å². The second kappa shape index (κ2) is 11.1. The number of fused-ring (bicyclic) bond motifs is 1. The first-order valence-electron chi connectivity index (χ1n) is 11.9. The molecule has 1 amide bonds. The van der Waals surface area contributed by atoms with E-state index < -0.39 is 30.0 Å². The molecule has 0 spiro atoms. The molecule has 4 rings (SSSR count). The number of nitrogens with zero attached hydrogens (tertiary/aromatic N) is 2. The van der Waals surface area contributed by atoms with E-state index in [0.717, 1.165) is 28.3 Å². The Kier molecular flexibility index (Phi) is 8.03. The number of nitrogens with one attached hydrogen (secondary N) is 2. The van der Waals surface area contributed by atoms with Gasteiger partial charge < -0.3 is 10.6 Å². The third-order valence-corrected chi connectivity index (χ3v) is 7.97. The van der Waals surface area contributed by atoms with Crippen molar-refractivity contribution in [1.82, 2.24) is 0 Å². The number of hydrogen-bond acceptors (Lipinski definition) is 8. The first-order chi connectivity index (χ1) is 18.8. The molecule has 11 nitrogen and oxygen atoms in total. The van der Waals surface area contributed by atoms with Gasteiger partial charge in [-0.1, -0.05) is 18.2 Å². The lowest BCUT2D eigenvalue weighted by Gasteiger charge is -2.12. The molecule has 0 saturated carbocycles. The Bertz CT molecular complexity index is 1890. The SMILES string of the molecule is Cc1cc(CNc2ccc3cc(S(=O)(=O)O)cc(S(=O)(=O)O)c3c2)ccc1N=Nc1cc(C)c(NC=O)cc1C. The summed E-state index contributed by atoms with van der Waals surface area (Å²) in [6.07, 6.45) is 0.627. The molecule has 13 heteroatoms. The van der Waals surface area contributed by atoms with Gasteiger partial charge in [-0.2, -0.15) is 27.1 Å². The fourth-order valence-corrected chi connectivity index (χ4v) is 5.50. The van der Waals surface area contributed by atoms with Crippen LogP contribution in [0.2, 0.25) is 0 Å². The smallest absolute Gasteiger partial charge is 0.295 e. The average molecular weight is 583 g/mol. The molecule has 0 aromatic heterocycles. The summed E-state index contributed by atoms with van der Waals surface area (Å²) < 4.78 is 66.0. The molecule has 0 radical (unpaired) electrons. The third-order valence-electron chi connectivity index (χ3n) is 6.25. The molecular formula is C27H26N4O7S2. The van der Waals surface area contributed by atoms with Crippen LogP contribution in [0.4, 0.5) is 22.7 Å². The molecular weight excluding hydrogens is 556 g/mol. The predicted octanol–water partition coefficient (Wildman–Crippen LogP) is 5.85. The van der Waals surface area contributed by atoms with E-state index in [2.05, 4.69) is 20.9 Å². The van der Waals surface area contributed by atoms with Crippen molar-refractivity contribution in [2.75, 3.05) is 10.6 Å². The Labute approximate surface area is 231 Å². The quantitative estimate of drug-likeness (QED) is 0.108. The van der Waals surface area contributed by atoms with E-state index in [9.17, 15) is 30.7 Å². The van der Waals surface area contributed by atoms with E-state index in [1.165, 1.54) is 12.1 Å². The normalized spacial score (nSPS) is 12.1. The lowest BCUT2D eigenvalue weighted by atomic mass is 10.1. The zero-order chi connectivity index (χ0) is 29.2. The topological polar surface area (TPSA) is 175 Å². The molecule has 208 valence electrons. The fraction of sp³-hybridized carbons (Fsp3) is 0.148. The molecule has 0 unspecified atom stereocenters. The lowest BCUT2D eigenvalue weighted by Crippen LogP contribution is -2.05. The summed E-state index contributed by atoms with van der Waals surface area (Å²) in [6, 6.07) is 15.7. The molecule has 0 aliphatic heterocycles. The van der Waals surface area contributed by atoms with Crippen LogP contribution in [0.5, 0.6) is 0 Å². The van der Waals surface area contributed by atoms with Crippen molar-refractivity contribution < 1.29 is 30.7 Å². The van der Waals surface area contributed by atoms with Crippen molar-refractivity contribution in [2.24, 2.45) is 10.2 Å². The van der Waals surface area contributed by atoms with Gasteiger partial charge in [0.1, 0.15) is 4.90 Å². The molecule has 0 saturated heterocycles. The van der Waals surface area contributed by atoms with Crippen molar-refractivity contribution in [1.29, 1.82) is 0 Å². The largest absolute Gasteiger partial charge is 0.381 e. The average Bonchev–Trinajstić information content (AvgIpc) is 2.87. The predicted molar refractivity (Wildman–Crippen MR) is 152 cm³/mol. The van der Waals surface area contributed by atoms with Crippen molar-refractivity contribution >= 4 is 60.2 Å². The van der Waals surface area contributed by atoms with Crippen molar-refractivity contribution in [3.8, 4) is 0 Å². The lowest BCUT2D eigenvalue weighted by molar-refractivity contribution is -0.105. The van der Waals surface area contributed by atoms with Crippen LogP contribution in [0.1, 0.15) is 22.3 Å². The fourth-order valence-electron chi connectivity index (χ4n) is 4.15. The van der Waals surface area contributed by atoms with Gasteiger partial charge in [0, 0.05) is 23.3 Å². The summed E-state index contributed by atoms with van der Waals surface area (Å²) in [4.78, 5) is 9.48. The van der Waals surface area contributed by atoms with E-state index in [0.29, 0.717) is 41.8 Å². The minimum atomic E-state index is -4.78. The molecule has 4 N–H and O–H groups in total. The molecule has 0 heterocycles. The molecule has 4 aromatic rings. The van der Waals surface area contributed by atoms with Gasteiger partial charge in [0.05, 0.1) is 16.3 Å². The molecule has 0 bridgehead atoms. The summed E-state index contributed by atoms with van der Waals surface area (Å²) in [5, 5.41) is 14.9. The zero-order valence-electron chi connectivity index (χ0n) is 21.7.